The molecule has 0 spiro atoms. The fraction of sp³-hybridized carbons (Fsp3) is 0.227. The van der Waals surface area contributed by atoms with Crippen molar-refractivity contribution in [3.8, 4) is 11.3 Å². The minimum atomic E-state index is -4.43. The Bertz CT molecular complexity index is 1040. The highest BCUT2D eigenvalue weighted by atomic mass is 19.4. The Kier molecular flexibility index (Phi) is 5.58. The number of rotatable bonds is 3. The van der Waals surface area contributed by atoms with Gasteiger partial charge in [-0.25, -0.2) is 4.39 Å². The number of anilines is 1. The summed E-state index contributed by atoms with van der Waals surface area (Å²) in [6.45, 7) is 1.89. The maximum atomic E-state index is 13.1. The lowest BCUT2D eigenvalue weighted by molar-refractivity contribution is -0.137. The molecule has 2 heterocycles. The third kappa shape index (κ3) is 4.65. The van der Waals surface area contributed by atoms with Gasteiger partial charge in [0.25, 0.3) is 5.91 Å². The SMILES string of the molecule is O=C(c1ccc(C(F)(F)F)cc1)N1CCN(c2ccc(-c3ccc(F)cc3)nn2)CC1. The molecule has 9 heteroatoms. The van der Waals surface area contributed by atoms with Crippen molar-refractivity contribution in [1.29, 1.82) is 0 Å². The molecular formula is C22H18F4N4O. The zero-order valence-corrected chi connectivity index (χ0v) is 16.3. The predicted octanol–water partition coefficient (Wildman–Crippen LogP) is 4.26. The Labute approximate surface area is 175 Å². The lowest BCUT2D eigenvalue weighted by Gasteiger charge is -2.35. The second-order valence-electron chi connectivity index (χ2n) is 7.14. The van der Waals surface area contributed by atoms with Crippen LogP contribution in [0.5, 0.6) is 0 Å². The van der Waals surface area contributed by atoms with E-state index in [2.05, 4.69) is 10.2 Å². The second-order valence-corrected chi connectivity index (χ2v) is 7.14. The van der Waals surface area contributed by atoms with Gasteiger partial charge in [-0.05, 0) is 60.7 Å². The molecule has 1 amide bonds. The van der Waals surface area contributed by atoms with E-state index in [1.165, 1.54) is 24.3 Å². The minimum absolute atomic E-state index is 0.227. The topological polar surface area (TPSA) is 49.3 Å². The first-order chi connectivity index (χ1) is 14.8. The molecule has 3 aromatic rings. The summed E-state index contributed by atoms with van der Waals surface area (Å²) in [4.78, 5) is 16.2. The Morgan fingerprint density at radius 2 is 1.45 bits per heavy atom. The molecule has 0 saturated carbocycles. The van der Waals surface area contributed by atoms with Gasteiger partial charge in [0.2, 0.25) is 0 Å². The van der Waals surface area contributed by atoms with Crippen LogP contribution in [-0.2, 0) is 6.18 Å². The number of halogens is 4. The lowest BCUT2D eigenvalue weighted by atomic mass is 10.1. The smallest absolute Gasteiger partial charge is 0.352 e. The number of aromatic nitrogens is 2. The number of benzene rings is 2. The van der Waals surface area contributed by atoms with E-state index >= 15 is 0 Å². The first-order valence-electron chi connectivity index (χ1n) is 9.62. The van der Waals surface area contributed by atoms with Crippen LogP contribution in [0.3, 0.4) is 0 Å². The maximum absolute atomic E-state index is 13.1. The standard InChI is InChI=1S/C22H18F4N4O/c23-18-7-3-15(4-8-18)19-9-10-20(28-27-19)29-11-13-30(14-12-29)21(31)16-1-5-17(6-2-16)22(24,25)26/h1-10H,11-14H2. The monoisotopic (exact) mass is 430 g/mol. The predicted molar refractivity (Wildman–Crippen MR) is 107 cm³/mol. The Morgan fingerprint density at radius 3 is 2.00 bits per heavy atom. The van der Waals surface area contributed by atoms with Crippen molar-refractivity contribution >= 4 is 11.7 Å². The van der Waals surface area contributed by atoms with E-state index in [9.17, 15) is 22.4 Å². The van der Waals surface area contributed by atoms with Gasteiger partial charge in [-0.15, -0.1) is 10.2 Å². The van der Waals surface area contributed by atoms with Crippen LogP contribution in [0.1, 0.15) is 15.9 Å². The molecule has 0 unspecified atom stereocenters. The molecule has 0 radical (unpaired) electrons. The van der Waals surface area contributed by atoms with E-state index in [0.717, 1.165) is 17.7 Å². The van der Waals surface area contributed by atoms with E-state index < -0.39 is 11.7 Å². The molecule has 0 bridgehead atoms. The van der Waals surface area contributed by atoms with E-state index in [-0.39, 0.29) is 17.3 Å². The van der Waals surface area contributed by atoms with Crippen LogP contribution in [0, 0.1) is 5.82 Å². The van der Waals surface area contributed by atoms with Crippen molar-refractivity contribution in [3.63, 3.8) is 0 Å². The quantitative estimate of drug-likeness (QED) is 0.583. The number of carbonyl (C=O) groups is 1. The summed E-state index contributed by atoms with van der Waals surface area (Å²) < 4.78 is 51.1. The number of hydrogen-bond acceptors (Lipinski definition) is 4. The molecule has 31 heavy (non-hydrogen) atoms. The zero-order chi connectivity index (χ0) is 22.0. The molecule has 1 saturated heterocycles. The van der Waals surface area contributed by atoms with Crippen LogP contribution in [0.2, 0.25) is 0 Å². The molecule has 0 atom stereocenters. The largest absolute Gasteiger partial charge is 0.416 e. The summed E-state index contributed by atoms with van der Waals surface area (Å²) in [5.41, 5.74) is 0.827. The average Bonchev–Trinajstić information content (AvgIpc) is 2.79. The average molecular weight is 430 g/mol. The Balaban J connectivity index is 1.37. The summed E-state index contributed by atoms with van der Waals surface area (Å²) in [6.07, 6.45) is -4.43. The number of amides is 1. The van der Waals surface area contributed by atoms with Crippen molar-refractivity contribution in [2.45, 2.75) is 6.18 Å². The van der Waals surface area contributed by atoms with Gasteiger partial charge in [0, 0.05) is 37.3 Å². The van der Waals surface area contributed by atoms with Crippen LogP contribution >= 0.6 is 0 Å². The normalized spacial score (nSPS) is 14.6. The zero-order valence-electron chi connectivity index (χ0n) is 16.3. The molecule has 2 aromatic carbocycles. The maximum Gasteiger partial charge on any atom is 0.416 e. The van der Waals surface area contributed by atoms with E-state index in [1.807, 2.05) is 11.0 Å². The van der Waals surface area contributed by atoms with Crippen LogP contribution in [0.15, 0.2) is 60.7 Å². The van der Waals surface area contributed by atoms with Crippen LogP contribution in [-0.4, -0.2) is 47.2 Å². The third-order valence-corrected chi connectivity index (χ3v) is 5.14. The van der Waals surface area contributed by atoms with Crippen LogP contribution < -0.4 is 4.90 Å². The molecule has 5 nitrogen and oxygen atoms in total. The fourth-order valence-electron chi connectivity index (χ4n) is 3.39. The molecule has 0 N–H and O–H groups in total. The van der Waals surface area contributed by atoms with Gasteiger partial charge < -0.3 is 9.80 Å². The number of piperazine rings is 1. The molecule has 1 fully saturated rings. The second kappa shape index (κ2) is 8.33. The van der Waals surface area contributed by atoms with E-state index in [1.54, 1.807) is 23.1 Å². The summed E-state index contributed by atoms with van der Waals surface area (Å²) >= 11 is 0. The third-order valence-electron chi connectivity index (χ3n) is 5.14. The highest BCUT2D eigenvalue weighted by Gasteiger charge is 2.30. The lowest BCUT2D eigenvalue weighted by Crippen LogP contribution is -2.49. The summed E-state index contributed by atoms with van der Waals surface area (Å²) in [6, 6.07) is 13.8. The van der Waals surface area contributed by atoms with Gasteiger partial charge in [0.1, 0.15) is 5.82 Å². The van der Waals surface area contributed by atoms with E-state index in [4.69, 9.17) is 0 Å². The van der Waals surface area contributed by atoms with Crippen molar-refractivity contribution in [1.82, 2.24) is 15.1 Å². The molecule has 160 valence electrons. The highest BCUT2D eigenvalue weighted by Crippen LogP contribution is 2.29. The molecule has 4 rings (SSSR count). The fourth-order valence-corrected chi connectivity index (χ4v) is 3.39. The van der Waals surface area contributed by atoms with E-state index in [0.29, 0.717) is 37.7 Å². The molecule has 1 aromatic heterocycles. The molecular weight excluding hydrogens is 412 g/mol. The Hall–Kier alpha value is -3.49. The van der Waals surface area contributed by atoms with Gasteiger partial charge in [-0.1, -0.05) is 0 Å². The number of hydrogen-bond donors (Lipinski definition) is 0. The molecule has 0 aliphatic carbocycles. The summed E-state index contributed by atoms with van der Waals surface area (Å²) in [5.74, 6) is 0.0376. The number of alkyl halides is 3. The van der Waals surface area contributed by atoms with Crippen molar-refractivity contribution in [2.24, 2.45) is 0 Å². The van der Waals surface area contributed by atoms with Gasteiger partial charge in [0.05, 0.1) is 11.3 Å². The van der Waals surface area contributed by atoms with Crippen molar-refractivity contribution in [3.05, 3.63) is 77.6 Å². The van der Waals surface area contributed by atoms with Gasteiger partial charge in [0.15, 0.2) is 5.82 Å². The van der Waals surface area contributed by atoms with Crippen LogP contribution in [0.4, 0.5) is 23.4 Å². The van der Waals surface area contributed by atoms with Crippen molar-refractivity contribution in [2.75, 3.05) is 31.1 Å². The molecule has 1 aliphatic heterocycles. The van der Waals surface area contributed by atoms with Crippen molar-refractivity contribution < 1.29 is 22.4 Å². The minimum Gasteiger partial charge on any atom is -0.352 e. The van der Waals surface area contributed by atoms with Crippen LogP contribution in [0.25, 0.3) is 11.3 Å². The Morgan fingerprint density at radius 1 is 0.806 bits per heavy atom. The number of carbonyl (C=O) groups excluding carboxylic acids is 1. The summed E-state index contributed by atoms with van der Waals surface area (Å²) in [7, 11) is 0. The first-order valence-corrected chi connectivity index (χ1v) is 9.62. The molecule has 1 aliphatic rings. The highest BCUT2D eigenvalue weighted by molar-refractivity contribution is 5.94. The number of nitrogens with zero attached hydrogens (tertiary/aromatic N) is 4. The van der Waals surface area contributed by atoms with Gasteiger partial charge in [-0.3, -0.25) is 4.79 Å². The van der Waals surface area contributed by atoms with Gasteiger partial charge in [-0.2, -0.15) is 13.2 Å². The van der Waals surface area contributed by atoms with Gasteiger partial charge >= 0.3 is 6.18 Å². The first kappa shape index (κ1) is 20.8. The summed E-state index contributed by atoms with van der Waals surface area (Å²) in [5, 5.41) is 8.43.